The van der Waals surface area contributed by atoms with Crippen molar-refractivity contribution in [3.63, 3.8) is 0 Å². The van der Waals surface area contributed by atoms with Gasteiger partial charge in [-0.2, -0.15) is 4.98 Å². The lowest BCUT2D eigenvalue weighted by Crippen LogP contribution is -2.40. The molecule has 0 radical (unpaired) electrons. The fourth-order valence-electron chi connectivity index (χ4n) is 3.75. The Morgan fingerprint density at radius 1 is 1.18 bits per heavy atom. The van der Waals surface area contributed by atoms with Crippen molar-refractivity contribution in [2.45, 2.75) is 33.4 Å². The molecule has 0 aliphatic carbocycles. The summed E-state index contributed by atoms with van der Waals surface area (Å²) in [5, 5.41) is 0. The Morgan fingerprint density at radius 2 is 1.86 bits per heavy atom. The van der Waals surface area contributed by atoms with Gasteiger partial charge in [0.25, 0.3) is 5.56 Å². The second-order valence-electron chi connectivity index (χ2n) is 7.12. The maximum atomic E-state index is 13.0. The monoisotopic (exact) mass is 379 g/mol. The summed E-state index contributed by atoms with van der Waals surface area (Å²) in [6.07, 6.45) is 1.84. The molecule has 0 fully saturated rings. The fourth-order valence-corrected chi connectivity index (χ4v) is 3.75. The first-order valence-electron chi connectivity index (χ1n) is 9.05. The number of ketones is 1. The lowest BCUT2D eigenvalue weighted by Gasteiger charge is -2.16. The minimum atomic E-state index is -0.548. The summed E-state index contributed by atoms with van der Waals surface area (Å²) in [7, 11) is 1.56. The summed E-state index contributed by atoms with van der Waals surface area (Å²) in [4.78, 5) is 41.7. The standard InChI is InChI=1S/C20H21N5O3/c1-12-10-23-16-17(22(4)20(28)24(18(16)27)11-13(2)26)21-19(23)25(12)14(3)15-8-6-5-7-9-15/h5-10,14H,11H2,1-4H3/t14-/m0/s1. The van der Waals surface area contributed by atoms with Gasteiger partial charge in [0, 0.05) is 18.9 Å². The number of nitrogens with zero attached hydrogens (tertiary/aromatic N) is 5. The van der Waals surface area contributed by atoms with Crippen LogP contribution < -0.4 is 11.2 Å². The quantitative estimate of drug-likeness (QED) is 0.540. The van der Waals surface area contributed by atoms with Crippen molar-refractivity contribution in [3.8, 4) is 0 Å². The molecule has 0 unspecified atom stereocenters. The highest BCUT2D eigenvalue weighted by atomic mass is 16.2. The van der Waals surface area contributed by atoms with E-state index in [-0.39, 0.29) is 18.4 Å². The van der Waals surface area contributed by atoms with Crippen molar-refractivity contribution in [1.29, 1.82) is 0 Å². The molecule has 0 saturated carbocycles. The highest BCUT2D eigenvalue weighted by Crippen LogP contribution is 2.25. The first kappa shape index (κ1) is 18.0. The first-order chi connectivity index (χ1) is 13.3. The molecule has 144 valence electrons. The highest BCUT2D eigenvalue weighted by molar-refractivity contribution is 5.78. The van der Waals surface area contributed by atoms with Crippen LogP contribution in [0.3, 0.4) is 0 Å². The molecule has 28 heavy (non-hydrogen) atoms. The third-order valence-corrected chi connectivity index (χ3v) is 5.12. The Labute approximate surface area is 160 Å². The normalized spacial score (nSPS) is 12.7. The minimum Gasteiger partial charge on any atom is -0.307 e. The van der Waals surface area contributed by atoms with E-state index in [0.29, 0.717) is 16.9 Å². The average Bonchev–Trinajstić information content (AvgIpc) is 3.18. The van der Waals surface area contributed by atoms with E-state index in [1.54, 1.807) is 11.4 Å². The molecule has 3 aromatic heterocycles. The largest absolute Gasteiger partial charge is 0.332 e. The van der Waals surface area contributed by atoms with Crippen LogP contribution in [-0.2, 0) is 18.4 Å². The molecule has 4 rings (SSSR count). The third-order valence-electron chi connectivity index (χ3n) is 5.12. The van der Waals surface area contributed by atoms with Crippen LogP contribution in [0.15, 0.2) is 46.1 Å². The van der Waals surface area contributed by atoms with Crippen molar-refractivity contribution >= 4 is 22.7 Å². The predicted octanol–water partition coefficient (Wildman–Crippen LogP) is 1.66. The average molecular weight is 379 g/mol. The summed E-state index contributed by atoms with van der Waals surface area (Å²) in [5.74, 6) is 0.322. The Hall–Kier alpha value is -3.42. The van der Waals surface area contributed by atoms with Crippen molar-refractivity contribution < 1.29 is 4.79 Å². The summed E-state index contributed by atoms with van der Waals surface area (Å²) in [5.41, 5.74) is 1.59. The predicted molar refractivity (Wildman–Crippen MR) is 106 cm³/mol. The van der Waals surface area contributed by atoms with E-state index in [9.17, 15) is 14.4 Å². The van der Waals surface area contributed by atoms with Crippen molar-refractivity contribution in [2.75, 3.05) is 0 Å². The van der Waals surface area contributed by atoms with Crippen LogP contribution >= 0.6 is 0 Å². The molecule has 0 bridgehead atoms. The SMILES string of the molecule is CC(=O)Cn1c(=O)c2c(nc3n([C@@H](C)c4ccccc4)c(C)cn23)n(C)c1=O. The Morgan fingerprint density at radius 3 is 2.50 bits per heavy atom. The minimum absolute atomic E-state index is 0.00742. The first-order valence-corrected chi connectivity index (χ1v) is 9.05. The number of carbonyl (C=O) groups excluding carboxylic acids is 1. The van der Waals surface area contributed by atoms with Gasteiger partial charge in [-0.05, 0) is 26.3 Å². The number of rotatable bonds is 4. The van der Waals surface area contributed by atoms with E-state index in [0.717, 1.165) is 15.8 Å². The molecule has 4 aromatic rings. The summed E-state index contributed by atoms with van der Waals surface area (Å²) < 4.78 is 6.03. The van der Waals surface area contributed by atoms with Crippen LogP contribution in [0.2, 0.25) is 0 Å². The van der Waals surface area contributed by atoms with Crippen molar-refractivity contribution in [2.24, 2.45) is 7.05 Å². The van der Waals surface area contributed by atoms with Gasteiger partial charge in [-0.3, -0.25) is 23.1 Å². The maximum absolute atomic E-state index is 13.0. The molecule has 0 saturated heterocycles. The number of aryl methyl sites for hydroxylation is 2. The number of Topliss-reactive ketones (excluding diaryl/α,β-unsaturated/α-hetero) is 1. The Balaban J connectivity index is 2.06. The molecule has 0 N–H and O–H groups in total. The van der Waals surface area contributed by atoms with Crippen LogP contribution in [0.1, 0.15) is 31.1 Å². The number of hydrogen-bond donors (Lipinski definition) is 0. The van der Waals surface area contributed by atoms with E-state index in [4.69, 9.17) is 0 Å². The van der Waals surface area contributed by atoms with Crippen molar-refractivity contribution in [3.05, 3.63) is 68.6 Å². The zero-order valence-electron chi connectivity index (χ0n) is 16.2. The number of hydrogen-bond acceptors (Lipinski definition) is 4. The molecule has 1 atom stereocenters. The smallest absolute Gasteiger partial charge is 0.307 e. The number of fused-ring (bicyclic) bond motifs is 3. The van der Waals surface area contributed by atoms with Gasteiger partial charge < -0.3 is 4.57 Å². The zero-order valence-corrected chi connectivity index (χ0v) is 16.2. The second-order valence-corrected chi connectivity index (χ2v) is 7.12. The van der Waals surface area contributed by atoms with Crippen LogP contribution in [0, 0.1) is 6.92 Å². The fraction of sp³-hybridized carbons (Fsp3) is 0.300. The molecule has 0 amide bonds. The molecule has 3 heterocycles. The molecule has 8 nitrogen and oxygen atoms in total. The molecular formula is C20H21N5O3. The molecule has 8 heteroatoms. The lowest BCUT2D eigenvalue weighted by atomic mass is 10.1. The summed E-state index contributed by atoms with van der Waals surface area (Å²) >= 11 is 0. The zero-order chi connectivity index (χ0) is 20.2. The lowest BCUT2D eigenvalue weighted by molar-refractivity contribution is -0.117. The Kier molecular flexibility index (Phi) is 4.06. The van der Waals surface area contributed by atoms with Gasteiger partial charge in [-0.1, -0.05) is 30.3 Å². The number of benzene rings is 1. The highest BCUT2D eigenvalue weighted by Gasteiger charge is 2.22. The number of carbonyl (C=O) groups is 1. The van der Waals surface area contributed by atoms with E-state index >= 15 is 0 Å². The van der Waals surface area contributed by atoms with Crippen LogP contribution in [-0.4, -0.2) is 28.9 Å². The molecular weight excluding hydrogens is 358 g/mol. The number of aromatic nitrogens is 5. The van der Waals surface area contributed by atoms with E-state index in [2.05, 4.69) is 11.9 Å². The van der Waals surface area contributed by atoms with E-state index in [1.807, 2.05) is 48.0 Å². The number of imidazole rings is 2. The molecule has 0 aliphatic heterocycles. The third kappa shape index (κ3) is 2.52. The van der Waals surface area contributed by atoms with Gasteiger partial charge in [-0.25, -0.2) is 4.79 Å². The Bertz CT molecular complexity index is 1340. The van der Waals surface area contributed by atoms with Crippen LogP contribution in [0.4, 0.5) is 0 Å². The van der Waals surface area contributed by atoms with Gasteiger partial charge in [0.1, 0.15) is 5.78 Å². The van der Waals surface area contributed by atoms with Gasteiger partial charge in [0.05, 0.1) is 12.6 Å². The van der Waals surface area contributed by atoms with Crippen molar-refractivity contribution in [1.82, 2.24) is 23.1 Å². The maximum Gasteiger partial charge on any atom is 0.332 e. The molecule has 1 aromatic carbocycles. The van der Waals surface area contributed by atoms with Gasteiger partial charge in [0.15, 0.2) is 11.2 Å². The topological polar surface area (TPSA) is 83.3 Å². The van der Waals surface area contributed by atoms with Gasteiger partial charge in [-0.15, -0.1) is 0 Å². The van der Waals surface area contributed by atoms with E-state index in [1.165, 1.54) is 11.5 Å². The molecule has 0 aliphatic rings. The van der Waals surface area contributed by atoms with Crippen LogP contribution in [0.5, 0.6) is 0 Å². The van der Waals surface area contributed by atoms with Gasteiger partial charge >= 0.3 is 5.69 Å². The van der Waals surface area contributed by atoms with E-state index < -0.39 is 11.2 Å². The summed E-state index contributed by atoms with van der Waals surface area (Å²) in [6, 6.07) is 10.00. The second kappa shape index (κ2) is 6.33. The van der Waals surface area contributed by atoms with Crippen LogP contribution in [0.25, 0.3) is 16.9 Å². The van der Waals surface area contributed by atoms with Gasteiger partial charge in [0.2, 0.25) is 5.78 Å². The summed E-state index contributed by atoms with van der Waals surface area (Å²) in [6.45, 7) is 5.11. The molecule has 0 spiro atoms.